The molecule has 0 saturated heterocycles. The van der Waals surface area contributed by atoms with Gasteiger partial charge in [-0.3, -0.25) is 0 Å². The first kappa shape index (κ1) is 12.5. The first-order valence-electron chi connectivity index (χ1n) is 5.12. The van der Waals surface area contributed by atoms with Crippen molar-refractivity contribution in [2.24, 2.45) is 5.73 Å². The minimum atomic E-state index is 0.403. The summed E-state index contributed by atoms with van der Waals surface area (Å²) in [5, 5.41) is 0. The number of pyridine rings is 1. The number of nitrogens with two attached hydrogens (primary N) is 1. The summed E-state index contributed by atoms with van der Waals surface area (Å²) in [6.07, 6.45) is 2.81. The van der Waals surface area contributed by atoms with Gasteiger partial charge in [0.15, 0.2) is 0 Å². The van der Waals surface area contributed by atoms with Crippen LogP contribution in [0, 0.1) is 6.92 Å². The average molecular weight is 272 g/mol. The monoisotopic (exact) mass is 271 g/mol. The van der Waals surface area contributed by atoms with E-state index in [9.17, 15) is 0 Å². The molecule has 1 aromatic heterocycles. The third-order valence-electron chi connectivity index (χ3n) is 2.64. The summed E-state index contributed by atoms with van der Waals surface area (Å²) in [5.41, 5.74) is 6.76. The van der Waals surface area contributed by atoms with E-state index in [1.165, 1.54) is 5.56 Å². The Labute approximate surface area is 99.8 Å². The molecule has 0 aliphatic carbocycles. The van der Waals surface area contributed by atoms with Gasteiger partial charge in [-0.1, -0.05) is 0 Å². The van der Waals surface area contributed by atoms with Gasteiger partial charge in [0.25, 0.3) is 0 Å². The van der Waals surface area contributed by atoms with Gasteiger partial charge in [-0.2, -0.15) is 0 Å². The van der Waals surface area contributed by atoms with E-state index in [0.29, 0.717) is 12.6 Å². The van der Waals surface area contributed by atoms with Gasteiger partial charge in [0.05, 0.1) is 4.47 Å². The summed E-state index contributed by atoms with van der Waals surface area (Å²) in [6, 6.07) is 2.40. The van der Waals surface area contributed by atoms with Crippen LogP contribution >= 0.6 is 15.9 Å². The Hall–Kier alpha value is -0.610. The summed E-state index contributed by atoms with van der Waals surface area (Å²) < 4.78 is 1.07. The van der Waals surface area contributed by atoms with E-state index in [-0.39, 0.29) is 0 Å². The lowest BCUT2D eigenvalue weighted by Gasteiger charge is -2.26. The van der Waals surface area contributed by atoms with E-state index in [1.54, 1.807) is 0 Å². The number of aromatic nitrogens is 1. The van der Waals surface area contributed by atoms with Gasteiger partial charge in [0.1, 0.15) is 5.82 Å². The quantitative estimate of drug-likeness (QED) is 0.914. The fourth-order valence-corrected chi connectivity index (χ4v) is 1.93. The van der Waals surface area contributed by atoms with Gasteiger partial charge < -0.3 is 10.6 Å². The molecule has 0 amide bonds. The van der Waals surface area contributed by atoms with Crippen molar-refractivity contribution in [3.63, 3.8) is 0 Å². The van der Waals surface area contributed by atoms with E-state index in [2.05, 4.69) is 39.7 Å². The van der Waals surface area contributed by atoms with Crippen molar-refractivity contribution in [1.82, 2.24) is 4.98 Å². The predicted molar refractivity (Wildman–Crippen MR) is 68.2 cm³/mol. The van der Waals surface area contributed by atoms with Crippen LogP contribution in [0.2, 0.25) is 0 Å². The van der Waals surface area contributed by atoms with Crippen LogP contribution in [0.15, 0.2) is 16.7 Å². The Kier molecular flexibility index (Phi) is 4.54. The lowest BCUT2D eigenvalue weighted by Crippen LogP contribution is -2.31. The number of anilines is 1. The van der Waals surface area contributed by atoms with E-state index < -0.39 is 0 Å². The van der Waals surface area contributed by atoms with Crippen LogP contribution < -0.4 is 10.6 Å². The fourth-order valence-electron chi connectivity index (χ4n) is 1.42. The molecule has 0 radical (unpaired) electrons. The number of halogens is 1. The van der Waals surface area contributed by atoms with Crippen LogP contribution in [-0.2, 0) is 0 Å². The van der Waals surface area contributed by atoms with Gasteiger partial charge in [-0.05, 0) is 54.4 Å². The van der Waals surface area contributed by atoms with Crippen molar-refractivity contribution in [2.45, 2.75) is 26.3 Å². The SMILES string of the molecule is Cc1ccnc(N(C)C(C)CCN)c1Br. The molecule has 15 heavy (non-hydrogen) atoms. The first-order chi connectivity index (χ1) is 7.07. The molecule has 0 saturated carbocycles. The van der Waals surface area contributed by atoms with Crippen LogP contribution in [-0.4, -0.2) is 24.6 Å². The topological polar surface area (TPSA) is 42.2 Å². The minimum absolute atomic E-state index is 0.403. The second-order valence-electron chi connectivity index (χ2n) is 3.80. The average Bonchev–Trinajstić information content (AvgIpc) is 2.21. The zero-order chi connectivity index (χ0) is 11.4. The summed E-state index contributed by atoms with van der Waals surface area (Å²) in [6.45, 7) is 4.93. The molecule has 1 unspecified atom stereocenters. The highest BCUT2D eigenvalue weighted by molar-refractivity contribution is 9.10. The number of hydrogen-bond donors (Lipinski definition) is 1. The molecule has 1 rings (SSSR count). The van der Waals surface area contributed by atoms with Crippen molar-refractivity contribution in [3.05, 3.63) is 22.3 Å². The predicted octanol–water partition coefficient (Wildman–Crippen LogP) is 2.33. The standard InChI is InChI=1S/C11H18BrN3/c1-8-5-7-14-11(10(8)12)15(3)9(2)4-6-13/h5,7,9H,4,6,13H2,1-3H3. The highest BCUT2D eigenvalue weighted by Crippen LogP contribution is 2.27. The van der Waals surface area contributed by atoms with E-state index in [4.69, 9.17) is 5.73 Å². The Balaban J connectivity index is 2.90. The number of aryl methyl sites for hydroxylation is 1. The Morgan fingerprint density at radius 2 is 2.27 bits per heavy atom. The van der Waals surface area contributed by atoms with Gasteiger partial charge in [0.2, 0.25) is 0 Å². The Bertz CT molecular complexity index is 328. The van der Waals surface area contributed by atoms with Crippen molar-refractivity contribution in [2.75, 3.05) is 18.5 Å². The normalized spacial score (nSPS) is 12.6. The lowest BCUT2D eigenvalue weighted by molar-refractivity contribution is 0.628. The Morgan fingerprint density at radius 1 is 1.60 bits per heavy atom. The van der Waals surface area contributed by atoms with Crippen LogP contribution in [0.1, 0.15) is 18.9 Å². The second-order valence-corrected chi connectivity index (χ2v) is 4.60. The molecular formula is C11H18BrN3. The summed E-state index contributed by atoms with van der Waals surface area (Å²) in [4.78, 5) is 6.54. The van der Waals surface area contributed by atoms with E-state index in [0.717, 1.165) is 16.7 Å². The fraction of sp³-hybridized carbons (Fsp3) is 0.545. The molecular weight excluding hydrogens is 254 g/mol. The van der Waals surface area contributed by atoms with Crippen LogP contribution in [0.5, 0.6) is 0 Å². The molecule has 0 bridgehead atoms. The smallest absolute Gasteiger partial charge is 0.143 e. The summed E-state index contributed by atoms with van der Waals surface area (Å²) in [7, 11) is 2.05. The Morgan fingerprint density at radius 3 is 2.87 bits per heavy atom. The van der Waals surface area contributed by atoms with E-state index in [1.807, 2.05) is 19.3 Å². The highest BCUT2D eigenvalue weighted by atomic mass is 79.9. The molecule has 1 aromatic rings. The molecule has 0 fully saturated rings. The van der Waals surface area contributed by atoms with Crippen molar-refractivity contribution in [1.29, 1.82) is 0 Å². The third kappa shape index (κ3) is 2.92. The largest absolute Gasteiger partial charge is 0.356 e. The minimum Gasteiger partial charge on any atom is -0.356 e. The summed E-state index contributed by atoms with van der Waals surface area (Å²) in [5.74, 6) is 0.982. The zero-order valence-electron chi connectivity index (χ0n) is 9.50. The molecule has 84 valence electrons. The van der Waals surface area contributed by atoms with Gasteiger partial charge in [0, 0.05) is 19.3 Å². The van der Waals surface area contributed by atoms with Gasteiger partial charge >= 0.3 is 0 Å². The maximum absolute atomic E-state index is 5.55. The van der Waals surface area contributed by atoms with Crippen LogP contribution in [0.4, 0.5) is 5.82 Å². The van der Waals surface area contributed by atoms with Crippen molar-refractivity contribution < 1.29 is 0 Å². The first-order valence-corrected chi connectivity index (χ1v) is 5.91. The van der Waals surface area contributed by atoms with Crippen LogP contribution in [0.25, 0.3) is 0 Å². The van der Waals surface area contributed by atoms with Crippen LogP contribution in [0.3, 0.4) is 0 Å². The third-order valence-corrected chi connectivity index (χ3v) is 3.62. The van der Waals surface area contributed by atoms with Crippen molar-refractivity contribution >= 4 is 21.7 Å². The lowest BCUT2D eigenvalue weighted by atomic mass is 10.2. The highest BCUT2D eigenvalue weighted by Gasteiger charge is 2.14. The van der Waals surface area contributed by atoms with Gasteiger partial charge in [-0.15, -0.1) is 0 Å². The molecule has 1 heterocycles. The molecule has 0 aromatic carbocycles. The maximum Gasteiger partial charge on any atom is 0.143 e. The number of rotatable bonds is 4. The van der Waals surface area contributed by atoms with Gasteiger partial charge in [-0.25, -0.2) is 4.98 Å². The molecule has 0 spiro atoms. The second kappa shape index (κ2) is 5.47. The molecule has 0 aliphatic heterocycles. The number of hydrogen-bond acceptors (Lipinski definition) is 3. The number of nitrogens with zero attached hydrogens (tertiary/aromatic N) is 2. The summed E-state index contributed by atoms with van der Waals surface area (Å²) >= 11 is 3.56. The molecule has 3 nitrogen and oxygen atoms in total. The van der Waals surface area contributed by atoms with Crippen molar-refractivity contribution in [3.8, 4) is 0 Å². The molecule has 1 atom stereocenters. The molecule has 2 N–H and O–H groups in total. The molecule has 0 aliphatic rings. The molecule has 4 heteroatoms. The zero-order valence-corrected chi connectivity index (χ0v) is 11.1. The maximum atomic E-state index is 5.55. The van der Waals surface area contributed by atoms with E-state index >= 15 is 0 Å².